The van der Waals surface area contributed by atoms with Gasteiger partial charge in [0.1, 0.15) is 0 Å². The number of hydrogen-bond donors (Lipinski definition) is 2. The molecule has 2 aromatic rings. The second kappa shape index (κ2) is 8.04. The van der Waals surface area contributed by atoms with Gasteiger partial charge in [0.25, 0.3) is 10.0 Å². The summed E-state index contributed by atoms with van der Waals surface area (Å²) >= 11 is 0. The number of sulfonamides is 1. The second-order valence-corrected chi connectivity index (χ2v) is 8.40. The zero-order chi connectivity index (χ0) is 21.2. The predicted octanol–water partition coefficient (Wildman–Crippen LogP) is 2.44. The normalized spacial score (nSPS) is 13.1. The molecule has 0 saturated heterocycles. The van der Waals surface area contributed by atoms with Crippen molar-refractivity contribution in [2.75, 3.05) is 16.2 Å². The lowest BCUT2D eigenvalue weighted by atomic mass is 10.1. The van der Waals surface area contributed by atoms with Gasteiger partial charge in [-0.05, 0) is 49.2 Å². The number of hydrogen-bond acceptors (Lipinski definition) is 5. The molecule has 0 unspecified atom stereocenters. The van der Waals surface area contributed by atoms with E-state index in [1.807, 2.05) is 0 Å². The van der Waals surface area contributed by atoms with Gasteiger partial charge in [0.05, 0.1) is 11.3 Å². The van der Waals surface area contributed by atoms with Crippen molar-refractivity contribution in [3.63, 3.8) is 0 Å². The number of carbonyl (C=O) groups is 3. The van der Waals surface area contributed by atoms with E-state index < -0.39 is 16.0 Å². The molecule has 29 heavy (non-hydrogen) atoms. The monoisotopic (exact) mass is 416 g/mol. The van der Waals surface area contributed by atoms with Crippen molar-refractivity contribution in [3.8, 4) is 0 Å². The fraction of sp³-hybridized carbons (Fsp3) is 0.250. The highest BCUT2D eigenvalue weighted by Crippen LogP contribution is 2.31. The van der Waals surface area contributed by atoms with Crippen LogP contribution in [0.25, 0.3) is 0 Å². The summed E-state index contributed by atoms with van der Waals surface area (Å²) in [5.74, 6) is -1.52. The first-order valence-corrected chi connectivity index (χ1v) is 10.4. The van der Waals surface area contributed by atoms with E-state index in [4.69, 9.17) is 5.11 Å². The maximum absolute atomic E-state index is 12.7. The smallest absolute Gasteiger partial charge is 0.303 e. The average molecular weight is 416 g/mol. The van der Waals surface area contributed by atoms with E-state index >= 15 is 0 Å². The Bertz CT molecular complexity index is 1090. The second-order valence-electron chi connectivity index (χ2n) is 6.72. The number of amides is 1. The summed E-state index contributed by atoms with van der Waals surface area (Å²) < 4.78 is 27.9. The molecule has 0 spiro atoms. The van der Waals surface area contributed by atoms with Gasteiger partial charge in [0.2, 0.25) is 5.91 Å². The molecule has 0 aliphatic carbocycles. The highest BCUT2D eigenvalue weighted by atomic mass is 32.2. The molecule has 2 aromatic carbocycles. The Morgan fingerprint density at radius 1 is 1.10 bits per heavy atom. The minimum atomic E-state index is -3.88. The molecule has 0 saturated carbocycles. The van der Waals surface area contributed by atoms with Crippen molar-refractivity contribution in [1.82, 2.24) is 0 Å². The number of anilines is 2. The molecule has 0 bridgehead atoms. The van der Waals surface area contributed by atoms with Gasteiger partial charge in [-0.15, -0.1) is 0 Å². The summed E-state index contributed by atoms with van der Waals surface area (Å²) in [7, 11) is -3.88. The van der Waals surface area contributed by atoms with E-state index in [0.717, 1.165) is 0 Å². The average Bonchev–Trinajstić information content (AvgIpc) is 3.09. The van der Waals surface area contributed by atoms with Crippen LogP contribution in [0.4, 0.5) is 11.4 Å². The minimum Gasteiger partial charge on any atom is -0.481 e. The van der Waals surface area contributed by atoms with Crippen LogP contribution in [0, 0.1) is 0 Å². The molecule has 0 aromatic heterocycles. The molecule has 0 fully saturated rings. The zero-order valence-electron chi connectivity index (χ0n) is 15.7. The quantitative estimate of drug-likeness (QED) is 0.669. The van der Waals surface area contributed by atoms with Gasteiger partial charge in [-0.2, -0.15) is 0 Å². The topological polar surface area (TPSA) is 121 Å². The maximum Gasteiger partial charge on any atom is 0.303 e. The molecule has 1 aliphatic heterocycles. The lowest BCUT2D eigenvalue weighted by Crippen LogP contribution is -2.29. The number of carboxylic acid groups (broad SMARTS) is 1. The van der Waals surface area contributed by atoms with Crippen LogP contribution < -0.4 is 9.62 Å². The van der Waals surface area contributed by atoms with Crippen molar-refractivity contribution >= 4 is 39.1 Å². The van der Waals surface area contributed by atoms with Gasteiger partial charge in [-0.1, -0.05) is 12.1 Å². The lowest BCUT2D eigenvalue weighted by Gasteiger charge is -2.17. The number of nitrogens with zero attached hydrogens (tertiary/aromatic N) is 1. The fourth-order valence-electron chi connectivity index (χ4n) is 3.17. The first-order chi connectivity index (χ1) is 13.7. The molecular weight excluding hydrogens is 396 g/mol. The largest absolute Gasteiger partial charge is 0.481 e. The van der Waals surface area contributed by atoms with Crippen molar-refractivity contribution in [3.05, 3.63) is 53.6 Å². The van der Waals surface area contributed by atoms with E-state index in [1.54, 1.807) is 24.3 Å². The number of rotatable bonds is 7. The van der Waals surface area contributed by atoms with E-state index in [9.17, 15) is 22.8 Å². The highest BCUT2D eigenvalue weighted by Gasteiger charge is 2.27. The van der Waals surface area contributed by atoms with Gasteiger partial charge in [0, 0.05) is 29.9 Å². The lowest BCUT2D eigenvalue weighted by molar-refractivity contribution is -0.138. The summed E-state index contributed by atoms with van der Waals surface area (Å²) in [4.78, 5) is 35.9. The first kappa shape index (κ1) is 20.5. The van der Waals surface area contributed by atoms with Crippen LogP contribution in [0.15, 0.2) is 47.4 Å². The summed E-state index contributed by atoms with van der Waals surface area (Å²) in [5.41, 5.74) is 1.98. The van der Waals surface area contributed by atoms with Gasteiger partial charge in [0.15, 0.2) is 5.78 Å². The number of nitrogens with one attached hydrogen (secondary N) is 1. The Morgan fingerprint density at radius 3 is 2.55 bits per heavy atom. The Balaban J connectivity index is 1.80. The van der Waals surface area contributed by atoms with Crippen LogP contribution >= 0.6 is 0 Å². The number of aliphatic carboxylic acids is 1. The van der Waals surface area contributed by atoms with Crippen molar-refractivity contribution in [1.29, 1.82) is 0 Å². The Morgan fingerprint density at radius 2 is 1.86 bits per heavy atom. The number of carbonyl (C=O) groups excluding carboxylic acids is 2. The van der Waals surface area contributed by atoms with Crippen LogP contribution in [0.3, 0.4) is 0 Å². The maximum atomic E-state index is 12.7. The summed E-state index contributed by atoms with van der Waals surface area (Å²) in [5, 5.41) is 8.73. The Labute approximate surface area is 168 Å². The molecule has 1 heterocycles. The van der Waals surface area contributed by atoms with Gasteiger partial charge >= 0.3 is 5.97 Å². The van der Waals surface area contributed by atoms with Gasteiger partial charge < -0.3 is 10.0 Å². The molecule has 9 heteroatoms. The van der Waals surface area contributed by atoms with Crippen LogP contribution in [-0.4, -0.2) is 37.7 Å². The SMILES string of the molecule is CC(=O)c1cccc(NS(=O)(=O)c2ccc3c(c2)CCN3C(=O)CCC(=O)O)c1. The summed E-state index contributed by atoms with van der Waals surface area (Å²) in [6.45, 7) is 1.78. The third-order valence-electron chi connectivity index (χ3n) is 4.63. The minimum absolute atomic E-state index is 0.0457. The standard InChI is InChI=1S/C20H20N2O6S/c1-13(23)14-3-2-4-16(11-14)21-29(27,28)17-5-6-18-15(12-17)9-10-22(18)19(24)7-8-20(25)26/h2-6,11-12,21H,7-10H2,1H3,(H,25,26). The zero-order valence-corrected chi connectivity index (χ0v) is 16.5. The van der Waals surface area contributed by atoms with E-state index in [2.05, 4.69) is 4.72 Å². The third-order valence-corrected chi connectivity index (χ3v) is 6.01. The predicted molar refractivity (Wildman–Crippen MR) is 107 cm³/mol. The van der Waals surface area contributed by atoms with Crippen molar-refractivity contribution < 1.29 is 27.9 Å². The molecule has 1 aliphatic rings. The molecule has 3 rings (SSSR count). The van der Waals surface area contributed by atoms with E-state index in [0.29, 0.717) is 29.8 Å². The molecule has 2 N–H and O–H groups in total. The molecule has 1 amide bonds. The molecule has 152 valence electrons. The molecule has 0 radical (unpaired) electrons. The Kier molecular flexibility index (Phi) is 5.69. The van der Waals surface area contributed by atoms with Crippen LogP contribution in [-0.2, 0) is 26.0 Å². The van der Waals surface area contributed by atoms with Crippen LogP contribution in [0.5, 0.6) is 0 Å². The number of fused-ring (bicyclic) bond motifs is 1. The molecular formula is C20H20N2O6S. The van der Waals surface area contributed by atoms with E-state index in [-0.39, 0.29) is 35.1 Å². The number of benzene rings is 2. The highest BCUT2D eigenvalue weighted by molar-refractivity contribution is 7.92. The summed E-state index contributed by atoms with van der Waals surface area (Å²) in [6, 6.07) is 10.7. The number of Topliss-reactive ketones (excluding diaryl/α,β-unsaturated/α-hetero) is 1. The third kappa shape index (κ3) is 4.62. The van der Waals surface area contributed by atoms with Gasteiger partial charge in [-0.25, -0.2) is 8.42 Å². The first-order valence-electron chi connectivity index (χ1n) is 8.96. The Hall–Kier alpha value is -3.20. The van der Waals surface area contributed by atoms with Crippen LogP contribution in [0.1, 0.15) is 35.7 Å². The molecule has 8 nitrogen and oxygen atoms in total. The molecule has 0 atom stereocenters. The summed E-state index contributed by atoms with van der Waals surface area (Å²) in [6.07, 6.45) is 0.126. The fourth-order valence-corrected chi connectivity index (χ4v) is 4.27. The van der Waals surface area contributed by atoms with Crippen molar-refractivity contribution in [2.45, 2.75) is 31.1 Å². The van der Waals surface area contributed by atoms with Crippen LogP contribution in [0.2, 0.25) is 0 Å². The van der Waals surface area contributed by atoms with E-state index in [1.165, 1.54) is 30.0 Å². The van der Waals surface area contributed by atoms with Gasteiger partial charge in [-0.3, -0.25) is 19.1 Å². The van der Waals surface area contributed by atoms with Crippen molar-refractivity contribution in [2.24, 2.45) is 0 Å². The number of ketones is 1. The number of carboxylic acids is 1.